The zero-order valence-electron chi connectivity index (χ0n) is 20.9. The largest absolute Gasteiger partial charge is 0.416 e. The van der Waals surface area contributed by atoms with Crippen molar-refractivity contribution < 1.29 is 18.0 Å². The SMILES string of the molecule is Cc1ccc(Nc2cccc(C(F)(F)F)c2)cc1NC(=O)c1cnc2[nH]ccc2c1NCCc1cccnc1. The molecule has 0 atom stereocenters. The van der Waals surface area contributed by atoms with Crippen LogP contribution in [0.1, 0.15) is 27.0 Å². The second-order valence-electron chi connectivity index (χ2n) is 9.01. The summed E-state index contributed by atoms with van der Waals surface area (Å²) >= 11 is 0. The fourth-order valence-electron chi connectivity index (χ4n) is 4.21. The van der Waals surface area contributed by atoms with E-state index in [-0.39, 0.29) is 11.6 Å². The number of carbonyl (C=O) groups excluding carboxylic acids is 1. The van der Waals surface area contributed by atoms with E-state index in [1.165, 1.54) is 12.3 Å². The Morgan fingerprint density at radius 3 is 2.64 bits per heavy atom. The predicted molar refractivity (Wildman–Crippen MR) is 146 cm³/mol. The van der Waals surface area contributed by atoms with Gasteiger partial charge in [-0.05, 0) is 66.9 Å². The van der Waals surface area contributed by atoms with Gasteiger partial charge in [-0.2, -0.15) is 13.2 Å². The summed E-state index contributed by atoms with van der Waals surface area (Å²) in [5.41, 5.74) is 4.12. The molecule has 0 bridgehead atoms. The molecule has 0 fully saturated rings. The molecule has 39 heavy (non-hydrogen) atoms. The summed E-state index contributed by atoms with van der Waals surface area (Å²) in [5, 5.41) is 10.1. The van der Waals surface area contributed by atoms with Gasteiger partial charge in [0.15, 0.2) is 0 Å². The van der Waals surface area contributed by atoms with Crippen LogP contribution in [0.25, 0.3) is 11.0 Å². The predicted octanol–water partition coefficient (Wildman–Crippen LogP) is 6.94. The highest BCUT2D eigenvalue weighted by Crippen LogP contribution is 2.32. The average Bonchev–Trinajstić information content (AvgIpc) is 3.40. The van der Waals surface area contributed by atoms with Gasteiger partial charge in [0.2, 0.25) is 0 Å². The number of halogens is 3. The van der Waals surface area contributed by atoms with E-state index >= 15 is 0 Å². The van der Waals surface area contributed by atoms with Crippen LogP contribution in [0.4, 0.5) is 35.9 Å². The van der Waals surface area contributed by atoms with Crippen LogP contribution in [0.15, 0.2) is 85.5 Å². The van der Waals surface area contributed by atoms with Crippen molar-refractivity contribution >= 4 is 39.7 Å². The summed E-state index contributed by atoms with van der Waals surface area (Å²) < 4.78 is 39.3. The highest BCUT2D eigenvalue weighted by atomic mass is 19.4. The summed E-state index contributed by atoms with van der Waals surface area (Å²) in [6.07, 6.45) is 3.07. The fraction of sp³-hybridized carbons (Fsp3) is 0.138. The molecule has 0 saturated carbocycles. The van der Waals surface area contributed by atoms with Gasteiger partial charge in [0, 0.05) is 53.8 Å². The molecular formula is C29H25F3N6O. The summed E-state index contributed by atoms with van der Waals surface area (Å²) in [6, 6.07) is 15.9. The molecule has 0 aliphatic heterocycles. The van der Waals surface area contributed by atoms with E-state index < -0.39 is 11.7 Å². The maximum Gasteiger partial charge on any atom is 0.416 e. The smallest absolute Gasteiger partial charge is 0.383 e. The quantitative estimate of drug-likeness (QED) is 0.174. The van der Waals surface area contributed by atoms with Crippen LogP contribution < -0.4 is 16.0 Å². The van der Waals surface area contributed by atoms with Gasteiger partial charge in [-0.15, -0.1) is 0 Å². The van der Waals surface area contributed by atoms with E-state index in [2.05, 4.69) is 30.9 Å². The molecule has 0 aliphatic carbocycles. The molecule has 1 amide bonds. The number of aromatic nitrogens is 3. The van der Waals surface area contributed by atoms with Gasteiger partial charge in [0.05, 0.1) is 16.8 Å². The van der Waals surface area contributed by atoms with E-state index in [0.717, 1.165) is 28.6 Å². The molecular weight excluding hydrogens is 505 g/mol. The first-order chi connectivity index (χ1) is 18.8. The number of aromatic amines is 1. The van der Waals surface area contributed by atoms with Gasteiger partial charge < -0.3 is 20.9 Å². The number of carbonyl (C=O) groups is 1. The zero-order chi connectivity index (χ0) is 27.4. The van der Waals surface area contributed by atoms with Crippen LogP contribution in [-0.4, -0.2) is 27.4 Å². The van der Waals surface area contributed by atoms with E-state index in [1.54, 1.807) is 42.9 Å². The van der Waals surface area contributed by atoms with E-state index in [1.807, 2.05) is 25.1 Å². The van der Waals surface area contributed by atoms with Crippen molar-refractivity contribution in [2.75, 3.05) is 22.5 Å². The lowest BCUT2D eigenvalue weighted by atomic mass is 10.1. The third-order valence-corrected chi connectivity index (χ3v) is 6.23. The third kappa shape index (κ3) is 6.01. The summed E-state index contributed by atoms with van der Waals surface area (Å²) in [7, 11) is 0. The Kier molecular flexibility index (Phi) is 7.18. The maximum atomic E-state index is 13.5. The first-order valence-electron chi connectivity index (χ1n) is 12.2. The molecule has 5 aromatic rings. The Labute approximate surface area is 222 Å². The molecule has 0 saturated heterocycles. The van der Waals surface area contributed by atoms with Crippen LogP contribution in [0.3, 0.4) is 0 Å². The molecule has 0 unspecified atom stereocenters. The summed E-state index contributed by atoms with van der Waals surface area (Å²) in [5.74, 6) is -0.367. The van der Waals surface area contributed by atoms with Crippen molar-refractivity contribution in [3.8, 4) is 0 Å². The molecule has 198 valence electrons. The molecule has 3 heterocycles. The number of alkyl halides is 3. The molecule has 10 heteroatoms. The Bertz CT molecular complexity index is 1610. The number of hydrogen-bond acceptors (Lipinski definition) is 5. The number of hydrogen-bond donors (Lipinski definition) is 4. The number of pyridine rings is 2. The Hall–Kier alpha value is -4.86. The van der Waals surface area contributed by atoms with Crippen LogP contribution in [-0.2, 0) is 12.6 Å². The minimum Gasteiger partial charge on any atom is -0.383 e. The minimum atomic E-state index is -4.44. The molecule has 7 nitrogen and oxygen atoms in total. The first kappa shape index (κ1) is 25.8. The zero-order valence-corrected chi connectivity index (χ0v) is 20.9. The van der Waals surface area contributed by atoms with Crippen molar-refractivity contribution in [2.24, 2.45) is 0 Å². The third-order valence-electron chi connectivity index (χ3n) is 6.23. The second kappa shape index (κ2) is 10.9. The van der Waals surface area contributed by atoms with E-state index in [4.69, 9.17) is 0 Å². The van der Waals surface area contributed by atoms with Gasteiger partial charge in [-0.1, -0.05) is 18.2 Å². The number of anilines is 4. The lowest BCUT2D eigenvalue weighted by Gasteiger charge is -2.16. The van der Waals surface area contributed by atoms with Crippen LogP contribution >= 0.6 is 0 Å². The van der Waals surface area contributed by atoms with Crippen LogP contribution in [0.2, 0.25) is 0 Å². The molecule has 0 spiro atoms. The van der Waals surface area contributed by atoms with Gasteiger partial charge in [-0.3, -0.25) is 9.78 Å². The first-order valence-corrected chi connectivity index (χ1v) is 12.2. The Morgan fingerprint density at radius 1 is 1.00 bits per heavy atom. The molecule has 3 aromatic heterocycles. The van der Waals surface area contributed by atoms with E-state index in [0.29, 0.717) is 41.2 Å². The monoisotopic (exact) mass is 530 g/mol. The van der Waals surface area contributed by atoms with Crippen molar-refractivity contribution in [1.82, 2.24) is 15.0 Å². The number of nitrogens with one attached hydrogen (secondary N) is 4. The molecule has 2 aromatic carbocycles. The number of aryl methyl sites for hydroxylation is 1. The van der Waals surface area contributed by atoms with Gasteiger partial charge in [0.25, 0.3) is 5.91 Å². The molecule has 4 N–H and O–H groups in total. The number of fused-ring (bicyclic) bond motifs is 1. The standard InChI is InChI=1S/C29H25F3N6O/c1-18-7-8-22(37-21-6-2-5-20(14-21)29(30,31)32)15-25(18)38-28(39)24-17-36-27-23(10-13-35-27)26(24)34-12-9-19-4-3-11-33-16-19/h2-8,10-11,13-17,37H,9,12H2,1H3,(H,38,39)(H2,34,35,36). The Morgan fingerprint density at radius 2 is 1.85 bits per heavy atom. The van der Waals surface area contributed by atoms with Crippen LogP contribution in [0, 0.1) is 6.92 Å². The molecule has 0 aliphatic rings. The van der Waals surface area contributed by atoms with Crippen molar-refractivity contribution in [3.63, 3.8) is 0 Å². The molecule has 0 radical (unpaired) electrons. The number of rotatable bonds is 8. The van der Waals surface area contributed by atoms with Crippen LogP contribution in [0.5, 0.6) is 0 Å². The van der Waals surface area contributed by atoms with Crippen molar-refractivity contribution in [2.45, 2.75) is 19.5 Å². The van der Waals surface area contributed by atoms with Crippen molar-refractivity contribution in [3.05, 3.63) is 108 Å². The highest BCUT2D eigenvalue weighted by Gasteiger charge is 2.30. The fourth-order valence-corrected chi connectivity index (χ4v) is 4.21. The molecule has 5 rings (SSSR count). The number of amides is 1. The normalized spacial score (nSPS) is 11.4. The number of H-pyrrole nitrogens is 1. The lowest BCUT2D eigenvalue weighted by molar-refractivity contribution is -0.137. The van der Waals surface area contributed by atoms with E-state index in [9.17, 15) is 18.0 Å². The lowest BCUT2D eigenvalue weighted by Crippen LogP contribution is -2.17. The summed E-state index contributed by atoms with van der Waals surface area (Å²) in [6.45, 7) is 2.41. The van der Waals surface area contributed by atoms with Crippen molar-refractivity contribution in [1.29, 1.82) is 0 Å². The highest BCUT2D eigenvalue weighted by molar-refractivity contribution is 6.12. The minimum absolute atomic E-state index is 0.285. The van der Waals surface area contributed by atoms with Gasteiger partial charge in [0.1, 0.15) is 5.65 Å². The number of benzene rings is 2. The van der Waals surface area contributed by atoms with Gasteiger partial charge in [-0.25, -0.2) is 4.98 Å². The summed E-state index contributed by atoms with van der Waals surface area (Å²) in [4.78, 5) is 25.0. The maximum absolute atomic E-state index is 13.5. The Balaban J connectivity index is 1.36. The van der Waals surface area contributed by atoms with Gasteiger partial charge >= 0.3 is 6.18 Å². The average molecular weight is 531 g/mol. The topological polar surface area (TPSA) is 94.7 Å². The second-order valence-corrected chi connectivity index (χ2v) is 9.01. The number of nitrogens with zero attached hydrogens (tertiary/aromatic N) is 2.